The van der Waals surface area contributed by atoms with E-state index < -0.39 is 52.3 Å². The first-order valence-corrected chi connectivity index (χ1v) is 12.1. The lowest BCUT2D eigenvalue weighted by molar-refractivity contribution is -0.163. The number of hydrogen-bond donors (Lipinski definition) is 3. The molecule has 0 bridgehead atoms. The molecule has 0 saturated carbocycles. The highest BCUT2D eigenvalue weighted by molar-refractivity contribution is 7.88. The number of rotatable bonds is 7. The average Bonchev–Trinajstić information content (AvgIpc) is 3.28. The molecule has 4 heterocycles. The highest BCUT2D eigenvalue weighted by atomic mass is 32.2. The zero-order valence-electron chi connectivity index (χ0n) is 16.8. The zero-order valence-corrected chi connectivity index (χ0v) is 18.4. The Bertz CT molecular complexity index is 1260. The van der Waals surface area contributed by atoms with Crippen molar-refractivity contribution < 1.29 is 33.0 Å². The van der Waals surface area contributed by atoms with E-state index >= 15 is 0 Å². The number of carboxylic acids is 1. The number of carboxylic acid groups (broad SMARTS) is 1. The van der Waals surface area contributed by atoms with Crippen molar-refractivity contribution in [1.82, 2.24) is 19.0 Å². The summed E-state index contributed by atoms with van der Waals surface area (Å²) in [6.45, 7) is 2.87. The number of carbonyl (C=O) groups is 3. The van der Waals surface area contributed by atoms with Gasteiger partial charge in [-0.05, 0) is 6.92 Å². The highest BCUT2D eigenvalue weighted by Crippen LogP contribution is 2.51. The van der Waals surface area contributed by atoms with Crippen molar-refractivity contribution in [3.05, 3.63) is 28.8 Å². The Hall–Kier alpha value is -2.61. The minimum atomic E-state index is -3.55. The first-order chi connectivity index (χ1) is 14.4. The molecule has 13 heteroatoms. The van der Waals surface area contributed by atoms with Crippen molar-refractivity contribution in [1.29, 1.82) is 0 Å². The van der Waals surface area contributed by atoms with Gasteiger partial charge in [-0.15, -0.1) is 11.3 Å². The Morgan fingerprint density at radius 2 is 2.06 bits per heavy atom. The number of ketones is 1. The van der Waals surface area contributed by atoms with Crippen LogP contribution in [0.4, 0.5) is 0 Å². The third-order valence-corrected chi connectivity index (χ3v) is 7.42. The minimum absolute atomic E-state index is 0.0664. The third-order valence-electron chi connectivity index (χ3n) is 5.61. The largest absolute Gasteiger partial charge is 0.477 e. The fraction of sp³-hybridized carbons (Fsp3) is 0.444. The zero-order chi connectivity index (χ0) is 22.8. The molecule has 4 atom stereocenters. The Balaban J connectivity index is 1.74. The molecule has 3 N–H and O–H groups in total. The van der Waals surface area contributed by atoms with Crippen LogP contribution in [0.25, 0.3) is 10.4 Å². The van der Waals surface area contributed by atoms with Gasteiger partial charge in [-0.1, -0.05) is 6.92 Å². The summed E-state index contributed by atoms with van der Waals surface area (Å²) >= 11 is 1.14. The molecule has 2 aromatic rings. The van der Waals surface area contributed by atoms with Crippen molar-refractivity contribution in [3.8, 4) is 0 Å². The van der Waals surface area contributed by atoms with Gasteiger partial charge in [-0.25, -0.2) is 22.9 Å². The first kappa shape index (κ1) is 21.6. The summed E-state index contributed by atoms with van der Waals surface area (Å²) in [6, 6.07) is -0.451. The van der Waals surface area contributed by atoms with Crippen LogP contribution in [-0.2, 0) is 19.6 Å². The van der Waals surface area contributed by atoms with E-state index in [4.69, 9.17) is 0 Å². The minimum Gasteiger partial charge on any atom is -0.477 e. The number of carbonyl (C=O) groups excluding carboxylic acids is 2. The monoisotopic (exact) mass is 468 g/mol. The maximum Gasteiger partial charge on any atom is 0.352 e. The van der Waals surface area contributed by atoms with E-state index in [0.29, 0.717) is 15.3 Å². The number of aliphatic carboxylic acids is 1. The van der Waals surface area contributed by atoms with Crippen LogP contribution in [0.5, 0.6) is 0 Å². The molecule has 0 aromatic carbocycles. The Labute approximate surface area is 181 Å². The van der Waals surface area contributed by atoms with E-state index in [1.807, 2.05) is 0 Å². The molecule has 0 unspecified atom stereocenters. The Morgan fingerprint density at radius 1 is 1.39 bits per heavy atom. The predicted octanol–water partition coefficient (Wildman–Crippen LogP) is -0.219. The average molecular weight is 469 g/mol. The predicted molar refractivity (Wildman–Crippen MR) is 110 cm³/mol. The van der Waals surface area contributed by atoms with Crippen LogP contribution >= 0.6 is 11.3 Å². The topological polar surface area (TPSA) is 158 Å². The summed E-state index contributed by atoms with van der Waals surface area (Å²) in [6.07, 6.45) is 3.07. The number of fused-ring (bicyclic) bond motifs is 2. The second-order valence-corrected chi connectivity index (χ2v) is 10.6. The van der Waals surface area contributed by atoms with Gasteiger partial charge in [-0.2, -0.15) is 0 Å². The van der Waals surface area contributed by atoms with Crippen molar-refractivity contribution in [2.24, 2.45) is 11.8 Å². The number of hydrogen-bond acceptors (Lipinski definition) is 8. The van der Waals surface area contributed by atoms with E-state index in [-0.39, 0.29) is 17.3 Å². The molecule has 11 nitrogen and oxygen atoms in total. The maximum atomic E-state index is 12.5. The fourth-order valence-electron chi connectivity index (χ4n) is 4.29. The summed E-state index contributed by atoms with van der Waals surface area (Å²) in [4.78, 5) is 43.2. The second-order valence-electron chi connectivity index (χ2n) is 7.74. The molecular formula is C18H20N4O7S2. The number of imidazole rings is 1. The van der Waals surface area contributed by atoms with Gasteiger partial charge in [0.05, 0.1) is 35.7 Å². The normalized spacial score (nSPS) is 24.5. The van der Waals surface area contributed by atoms with Crippen LogP contribution in [0.15, 0.2) is 18.2 Å². The molecule has 166 valence electrons. The van der Waals surface area contributed by atoms with E-state index in [9.17, 15) is 33.0 Å². The summed E-state index contributed by atoms with van der Waals surface area (Å²) in [7, 11) is -3.55. The molecule has 1 fully saturated rings. The smallest absolute Gasteiger partial charge is 0.352 e. The highest BCUT2D eigenvalue weighted by Gasteiger charge is 2.60. The molecule has 4 rings (SSSR count). The second kappa shape index (κ2) is 7.22. The molecule has 1 saturated heterocycles. The first-order valence-electron chi connectivity index (χ1n) is 9.35. The fourth-order valence-corrected chi connectivity index (χ4v) is 5.92. The van der Waals surface area contributed by atoms with Gasteiger partial charge in [0.25, 0.3) is 0 Å². The van der Waals surface area contributed by atoms with Crippen LogP contribution < -0.4 is 4.72 Å². The van der Waals surface area contributed by atoms with Gasteiger partial charge >= 0.3 is 5.97 Å². The van der Waals surface area contributed by atoms with E-state index in [1.54, 1.807) is 17.5 Å². The van der Waals surface area contributed by atoms with Crippen LogP contribution in [0.2, 0.25) is 0 Å². The van der Waals surface area contributed by atoms with Gasteiger partial charge in [0.15, 0.2) is 5.78 Å². The van der Waals surface area contributed by atoms with Crippen molar-refractivity contribution in [2.75, 3.05) is 12.8 Å². The molecule has 0 aliphatic carbocycles. The summed E-state index contributed by atoms with van der Waals surface area (Å²) in [5.74, 6) is -3.21. The van der Waals surface area contributed by atoms with Crippen LogP contribution in [0, 0.1) is 11.8 Å². The van der Waals surface area contributed by atoms with Crippen LogP contribution in [0.3, 0.4) is 0 Å². The number of thiazole rings is 1. The van der Waals surface area contributed by atoms with E-state index in [1.165, 1.54) is 18.2 Å². The van der Waals surface area contributed by atoms with E-state index in [0.717, 1.165) is 17.6 Å². The van der Waals surface area contributed by atoms with Gasteiger partial charge in [0.2, 0.25) is 15.9 Å². The van der Waals surface area contributed by atoms with Crippen molar-refractivity contribution in [3.63, 3.8) is 0 Å². The number of aromatic nitrogens is 2. The number of β-lactam (4-membered cyclic amide) rings is 1. The van der Waals surface area contributed by atoms with Gasteiger partial charge in [0.1, 0.15) is 22.5 Å². The lowest BCUT2D eigenvalue weighted by Gasteiger charge is -2.46. The lowest BCUT2D eigenvalue weighted by atomic mass is 9.77. The van der Waals surface area contributed by atoms with Gasteiger partial charge < -0.3 is 15.1 Å². The summed E-state index contributed by atoms with van der Waals surface area (Å²) in [5.41, 5.74) is 0.399. The SMILES string of the molecule is C[C@@H](O)[C@H]1C(=O)N2C(C(=O)O)=C(c3cn4cnc(C(=O)CNS(C)(=O)=O)c4s3)[C@H](C)[C@H]12. The number of Topliss-reactive ketones (excluding diaryl/α,β-unsaturated/α-hetero) is 1. The number of nitrogens with zero attached hydrogens (tertiary/aromatic N) is 3. The Morgan fingerprint density at radius 3 is 2.65 bits per heavy atom. The quantitative estimate of drug-likeness (QED) is 0.372. The van der Waals surface area contributed by atoms with Gasteiger partial charge in [-0.3, -0.25) is 14.0 Å². The maximum absolute atomic E-state index is 12.5. The molecule has 2 aliphatic heterocycles. The van der Waals surface area contributed by atoms with E-state index in [2.05, 4.69) is 9.71 Å². The Kier molecular flexibility index (Phi) is 5.04. The number of aliphatic hydroxyl groups excluding tert-OH is 1. The lowest BCUT2D eigenvalue weighted by Crippen LogP contribution is -2.63. The summed E-state index contributed by atoms with van der Waals surface area (Å²) < 4.78 is 26.2. The van der Waals surface area contributed by atoms with Crippen LogP contribution in [0.1, 0.15) is 29.2 Å². The molecule has 0 spiro atoms. The molecule has 0 radical (unpaired) electrons. The number of nitrogens with one attached hydrogen (secondary N) is 1. The molecule has 2 aromatic heterocycles. The molecule has 1 amide bonds. The third kappa shape index (κ3) is 3.37. The number of sulfonamides is 1. The van der Waals surface area contributed by atoms with Crippen molar-refractivity contribution >= 4 is 49.4 Å². The van der Waals surface area contributed by atoms with Gasteiger partial charge in [0, 0.05) is 17.7 Å². The summed E-state index contributed by atoms with van der Waals surface area (Å²) in [5, 5.41) is 19.8. The molecule has 2 aliphatic rings. The van der Waals surface area contributed by atoms with Crippen molar-refractivity contribution in [2.45, 2.75) is 26.0 Å². The molecule has 31 heavy (non-hydrogen) atoms. The molecular weight excluding hydrogens is 448 g/mol. The standard InChI is InChI=1S/C18H20N4O7S2/c1-7-11(15(18(26)27)22-14(7)12(8(2)23)16(22)25)10-5-21-6-19-13(17(21)30-10)9(24)4-20-31(3,28)29/h5-8,12,14,20,23H,4H2,1-3H3,(H,26,27)/t7-,8+,12+,14+/m0/s1. The number of aliphatic hydroxyl groups is 1. The van der Waals surface area contributed by atoms with Crippen LogP contribution in [-0.4, -0.2) is 75.5 Å². The number of amides is 1.